The van der Waals surface area contributed by atoms with E-state index in [-0.39, 0.29) is 5.56 Å². The average molecular weight is 387 g/mol. The van der Waals surface area contributed by atoms with Crippen LogP contribution in [-0.4, -0.2) is 29.3 Å². The van der Waals surface area contributed by atoms with Crippen LogP contribution in [0.1, 0.15) is 25.0 Å². The molecule has 0 radical (unpaired) electrons. The van der Waals surface area contributed by atoms with Gasteiger partial charge in [0.25, 0.3) is 5.91 Å². The molecule has 0 spiro atoms. The van der Waals surface area contributed by atoms with Gasteiger partial charge in [0, 0.05) is 11.3 Å². The molecule has 0 saturated carbocycles. The zero-order chi connectivity index (χ0) is 20.5. The van der Waals surface area contributed by atoms with Crippen molar-refractivity contribution in [2.45, 2.75) is 25.8 Å². The van der Waals surface area contributed by atoms with Crippen molar-refractivity contribution < 1.29 is 23.2 Å². The van der Waals surface area contributed by atoms with E-state index in [0.29, 0.717) is 17.0 Å². The Morgan fingerprint density at radius 1 is 1.18 bits per heavy atom. The Morgan fingerprint density at radius 3 is 2.61 bits per heavy atom. The molecule has 0 aliphatic carbocycles. The summed E-state index contributed by atoms with van der Waals surface area (Å²) in [6, 6.07) is 8.97. The third-order valence-electron chi connectivity index (χ3n) is 4.72. The predicted molar refractivity (Wildman–Crippen MR) is 98.4 cm³/mol. The van der Waals surface area contributed by atoms with Gasteiger partial charge in [-0.05, 0) is 43.2 Å². The Hall–Kier alpha value is -3.29. The number of halogens is 2. The number of para-hydroxylation sites is 1. The molecule has 1 aliphatic rings. The van der Waals surface area contributed by atoms with Gasteiger partial charge in [-0.3, -0.25) is 14.5 Å². The third kappa shape index (κ3) is 3.45. The summed E-state index contributed by atoms with van der Waals surface area (Å²) in [7, 11) is 0. The number of benzene rings is 2. The molecule has 8 heteroatoms. The van der Waals surface area contributed by atoms with E-state index in [9.17, 15) is 23.2 Å². The standard InChI is InChI=1S/C20H19F2N3O3/c1-3-12-6-4-5-7-16(12)23-17(26)11-25-18(27)20(2,24-19(25)28)14-10-13(21)8-9-15(14)22/h4-10H,3,11H2,1-2H3,(H,23,26)(H,24,28)/t20-/m0/s1. The first kappa shape index (κ1) is 19.5. The van der Waals surface area contributed by atoms with Crippen LogP contribution in [0.5, 0.6) is 0 Å². The minimum absolute atomic E-state index is 0.301. The molecule has 1 atom stereocenters. The molecule has 0 bridgehead atoms. The fourth-order valence-electron chi connectivity index (χ4n) is 3.19. The van der Waals surface area contributed by atoms with E-state index >= 15 is 0 Å². The Balaban J connectivity index is 1.80. The summed E-state index contributed by atoms with van der Waals surface area (Å²) in [5, 5.41) is 5.03. The van der Waals surface area contributed by atoms with Crippen LogP contribution >= 0.6 is 0 Å². The number of nitrogens with zero attached hydrogens (tertiary/aromatic N) is 1. The maximum atomic E-state index is 14.2. The summed E-state index contributed by atoms with van der Waals surface area (Å²) in [5.41, 5.74) is -0.615. The largest absolute Gasteiger partial charge is 0.325 e. The van der Waals surface area contributed by atoms with Gasteiger partial charge in [-0.25, -0.2) is 13.6 Å². The second-order valence-corrected chi connectivity index (χ2v) is 6.63. The van der Waals surface area contributed by atoms with Crippen molar-refractivity contribution in [3.05, 3.63) is 65.2 Å². The number of imide groups is 1. The maximum Gasteiger partial charge on any atom is 0.325 e. The summed E-state index contributed by atoms with van der Waals surface area (Å²) in [6.45, 7) is 2.66. The molecule has 28 heavy (non-hydrogen) atoms. The van der Waals surface area contributed by atoms with Crippen LogP contribution in [0.2, 0.25) is 0 Å². The highest BCUT2D eigenvalue weighted by Crippen LogP contribution is 2.31. The Morgan fingerprint density at radius 2 is 1.89 bits per heavy atom. The number of amides is 4. The van der Waals surface area contributed by atoms with E-state index in [1.807, 2.05) is 19.1 Å². The van der Waals surface area contributed by atoms with E-state index < -0.39 is 41.6 Å². The molecule has 146 valence electrons. The predicted octanol–water partition coefficient (Wildman–Crippen LogP) is 2.93. The van der Waals surface area contributed by atoms with Gasteiger partial charge >= 0.3 is 6.03 Å². The molecule has 1 fully saturated rings. The van der Waals surface area contributed by atoms with Gasteiger partial charge in [-0.15, -0.1) is 0 Å². The second-order valence-electron chi connectivity index (χ2n) is 6.63. The van der Waals surface area contributed by atoms with Gasteiger partial charge < -0.3 is 10.6 Å². The first-order valence-corrected chi connectivity index (χ1v) is 8.73. The smallest absolute Gasteiger partial charge is 0.324 e. The number of anilines is 1. The molecule has 2 aromatic carbocycles. The van der Waals surface area contributed by atoms with Gasteiger partial charge in [0.05, 0.1) is 0 Å². The molecule has 1 aliphatic heterocycles. The monoisotopic (exact) mass is 387 g/mol. The van der Waals surface area contributed by atoms with Crippen LogP contribution in [0.3, 0.4) is 0 Å². The third-order valence-corrected chi connectivity index (χ3v) is 4.72. The van der Waals surface area contributed by atoms with Crippen molar-refractivity contribution in [2.24, 2.45) is 0 Å². The summed E-state index contributed by atoms with van der Waals surface area (Å²) in [5.74, 6) is -2.98. The lowest BCUT2D eigenvalue weighted by Crippen LogP contribution is -2.42. The molecular formula is C20H19F2N3O3. The minimum atomic E-state index is -1.80. The molecular weight excluding hydrogens is 368 g/mol. The second kappa shape index (κ2) is 7.38. The quantitative estimate of drug-likeness (QED) is 0.775. The number of carbonyl (C=O) groups excluding carboxylic acids is 3. The van der Waals surface area contributed by atoms with E-state index in [1.165, 1.54) is 6.92 Å². The van der Waals surface area contributed by atoms with Crippen LogP contribution in [-0.2, 0) is 21.5 Å². The lowest BCUT2D eigenvalue weighted by atomic mass is 9.91. The average Bonchev–Trinajstić information content (AvgIpc) is 2.88. The van der Waals surface area contributed by atoms with Crippen molar-refractivity contribution in [3.8, 4) is 0 Å². The molecule has 4 amide bonds. The highest BCUT2D eigenvalue weighted by atomic mass is 19.1. The lowest BCUT2D eigenvalue weighted by molar-refractivity contribution is -0.133. The Kier molecular flexibility index (Phi) is 5.13. The van der Waals surface area contributed by atoms with Crippen molar-refractivity contribution in [1.29, 1.82) is 0 Å². The van der Waals surface area contributed by atoms with Crippen LogP contribution in [0.25, 0.3) is 0 Å². The number of urea groups is 1. The van der Waals surface area contributed by atoms with Crippen LogP contribution in [0.4, 0.5) is 19.3 Å². The van der Waals surface area contributed by atoms with E-state index in [4.69, 9.17) is 0 Å². The molecule has 6 nitrogen and oxygen atoms in total. The minimum Gasteiger partial charge on any atom is -0.324 e. The van der Waals surface area contributed by atoms with Gasteiger partial charge in [-0.2, -0.15) is 0 Å². The molecule has 0 unspecified atom stereocenters. The number of nitrogens with one attached hydrogen (secondary N) is 2. The van der Waals surface area contributed by atoms with Crippen LogP contribution in [0, 0.1) is 11.6 Å². The molecule has 0 aromatic heterocycles. The first-order chi connectivity index (χ1) is 13.3. The number of rotatable bonds is 5. The summed E-state index contributed by atoms with van der Waals surface area (Å²) in [4.78, 5) is 38.1. The Labute approximate surface area is 160 Å². The maximum absolute atomic E-state index is 14.2. The highest BCUT2D eigenvalue weighted by Gasteiger charge is 2.50. The summed E-state index contributed by atoms with van der Waals surface area (Å²) in [6.07, 6.45) is 0.691. The zero-order valence-corrected chi connectivity index (χ0v) is 15.4. The molecule has 1 heterocycles. The normalized spacial score (nSPS) is 18.9. The number of carbonyl (C=O) groups is 3. The van der Waals surface area contributed by atoms with Crippen LogP contribution in [0.15, 0.2) is 42.5 Å². The fourth-order valence-corrected chi connectivity index (χ4v) is 3.19. The Bertz CT molecular complexity index is 963. The van der Waals surface area contributed by atoms with Crippen LogP contribution < -0.4 is 10.6 Å². The SMILES string of the molecule is CCc1ccccc1NC(=O)CN1C(=O)N[C@@](C)(c2cc(F)ccc2F)C1=O. The topological polar surface area (TPSA) is 78.5 Å². The van der Waals surface area contributed by atoms with E-state index in [1.54, 1.807) is 12.1 Å². The van der Waals surface area contributed by atoms with Gasteiger partial charge in [0.1, 0.15) is 23.7 Å². The molecule has 2 N–H and O–H groups in total. The number of aryl methyl sites for hydroxylation is 1. The summed E-state index contributed by atoms with van der Waals surface area (Å²) >= 11 is 0. The first-order valence-electron chi connectivity index (χ1n) is 8.73. The highest BCUT2D eigenvalue weighted by molar-refractivity contribution is 6.10. The van der Waals surface area contributed by atoms with E-state index in [2.05, 4.69) is 10.6 Å². The van der Waals surface area contributed by atoms with Crippen molar-refractivity contribution >= 4 is 23.5 Å². The summed E-state index contributed by atoms with van der Waals surface area (Å²) < 4.78 is 27.7. The van der Waals surface area contributed by atoms with E-state index in [0.717, 1.165) is 23.8 Å². The van der Waals surface area contributed by atoms with Crippen molar-refractivity contribution in [1.82, 2.24) is 10.2 Å². The molecule has 1 saturated heterocycles. The number of hydrogen-bond donors (Lipinski definition) is 2. The van der Waals surface area contributed by atoms with Gasteiger partial charge in [-0.1, -0.05) is 25.1 Å². The molecule has 3 rings (SSSR count). The molecule has 2 aromatic rings. The fraction of sp³-hybridized carbons (Fsp3) is 0.250. The zero-order valence-electron chi connectivity index (χ0n) is 15.4. The van der Waals surface area contributed by atoms with Gasteiger partial charge in [0.2, 0.25) is 5.91 Å². The van der Waals surface area contributed by atoms with Crippen molar-refractivity contribution in [2.75, 3.05) is 11.9 Å². The number of hydrogen-bond acceptors (Lipinski definition) is 3. The lowest BCUT2D eigenvalue weighted by Gasteiger charge is -2.22. The van der Waals surface area contributed by atoms with Crippen molar-refractivity contribution in [3.63, 3.8) is 0 Å². The van der Waals surface area contributed by atoms with Gasteiger partial charge in [0.15, 0.2) is 0 Å².